The van der Waals surface area contributed by atoms with E-state index in [1.807, 2.05) is 11.3 Å². The maximum Gasteiger partial charge on any atom is 0.0386 e. The van der Waals surface area contributed by atoms with Crippen molar-refractivity contribution in [1.29, 1.82) is 0 Å². The zero-order valence-corrected chi connectivity index (χ0v) is 15.2. The average molecular weight is 309 g/mol. The van der Waals surface area contributed by atoms with Gasteiger partial charge >= 0.3 is 0 Å². The molecule has 1 saturated carbocycles. The minimum atomic E-state index is 0.344. The molecule has 0 saturated heterocycles. The fourth-order valence-electron chi connectivity index (χ4n) is 3.62. The molecule has 0 spiro atoms. The number of nitrogens with one attached hydrogen (secondary N) is 1. The Morgan fingerprint density at radius 2 is 2.19 bits per heavy atom. The van der Waals surface area contributed by atoms with Crippen molar-refractivity contribution in [3.63, 3.8) is 0 Å². The molecule has 1 aromatic rings. The van der Waals surface area contributed by atoms with Gasteiger partial charge in [-0.15, -0.1) is 11.3 Å². The van der Waals surface area contributed by atoms with E-state index < -0.39 is 0 Å². The van der Waals surface area contributed by atoms with Gasteiger partial charge in [0, 0.05) is 27.9 Å². The summed E-state index contributed by atoms with van der Waals surface area (Å²) < 4.78 is 0. The molecule has 2 nitrogen and oxygen atoms in total. The van der Waals surface area contributed by atoms with Crippen molar-refractivity contribution < 1.29 is 0 Å². The summed E-state index contributed by atoms with van der Waals surface area (Å²) in [5, 5.41) is 3.82. The second-order valence-corrected chi connectivity index (χ2v) is 8.28. The number of aryl methyl sites for hydroxylation is 1. The van der Waals surface area contributed by atoms with Crippen molar-refractivity contribution in [3.05, 3.63) is 21.9 Å². The minimum absolute atomic E-state index is 0.344. The summed E-state index contributed by atoms with van der Waals surface area (Å²) in [4.78, 5) is 5.44. The van der Waals surface area contributed by atoms with Crippen LogP contribution in [0.15, 0.2) is 12.1 Å². The molecule has 0 aromatic carbocycles. The van der Waals surface area contributed by atoms with Crippen molar-refractivity contribution in [2.45, 2.75) is 64.5 Å². The molecular weight excluding hydrogens is 276 g/mol. The maximum atomic E-state index is 3.82. The van der Waals surface area contributed by atoms with Crippen LogP contribution in [0.4, 0.5) is 0 Å². The quantitative estimate of drug-likeness (QED) is 0.834. The molecule has 1 aromatic heterocycles. The first-order valence-electron chi connectivity index (χ1n) is 8.46. The van der Waals surface area contributed by atoms with E-state index >= 15 is 0 Å². The lowest BCUT2D eigenvalue weighted by molar-refractivity contribution is 0.0729. The van der Waals surface area contributed by atoms with E-state index in [0.29, 0.717) is 11.6 Å². The number of thiophene rings is 1. The van der Waals surface area contributed by atoms with Crippen molar-refractivity contribution in [1.82, 2.24) is 10.2 Å². The van der Waals surface area contributed by atoms with E-state index in [9.17, 15) is 0 Å². The van der Waals surface area contributed by atoms with Crippen LogP contribution in [0.2, 0.25) is 0 Å². The molecule has 0 bridgehead atoms. The first-order valence-corrected chi connectivity index (χ1v) is 9.28. The van der Waals surface area contributed by atoms with Crippen molar-refractivity contribution in [2.24, 2.45) is 5.92 Å². The fourth-order valence-corrected chi connectivity index (χ4v) is 4.60. The van der Waals surface area contributed by atoms with E-state index in [1.54, 1.807) is 0 Å². The first-order chi connectivity index (χ1) is 9.97. The van der Waals surface area contributed by atoms with Gasteiger partial charge in [-0.25, -0.2) is 0 Å². The zero-order valence-electron chi connectivity index (χ0n) is 14.4. The molecule has 0 radical (unpaired) electrons. The summed E-state index contributed by atoms with van der Waals surface area (Å²) in [5.41, 5.74) is 0.344. The minimum Gasteiger partial charge on any atom is -0.308 e. The van der Waals surface area contributed by atoms with Gasteiger partial charge in [0.25, 0.3) is 0 Å². The number of rotatable bonds is 6. The highest BCUT2D eigenvalue weighted by atomic mass is 32.1. The zero-order chi connectivity index (χ0) is 15.5. The number of nitrogens with zero attached hydrogens (tertiary/aromatic N) is 1. The molecule has 1 heterocycles. The van der Waals surface area contributed by atoms with Crippen LogP contribution in [-0.2, 0) is 6.42 Å². The Labute approximate surface area is 134 Å². The lowest BCUT2D eigenvalue weighted by atomic mass is 9.75. The average Bonchev–Trinajstić information content (AvgIpc) is 2.93. The van der Waals surface area contributed by atoms with Gasteiger partial charge in [0.1, 0.15) is 0 Å². The molecule has 3 unspecified atom stereocenters. The third kappa shape index (κ3) is 4.08. The Balaban J connectivity index is 1.98. The Hall–Kier alpha value is -0.380. The summed E-state index contributed by atoms with van der Waals surface area (Å²) in [7, 11) is 4.51. The van der Waals surface area contributed by atoms with Crippen LogP contribution in [-0.4, -0.2) is 31.1 Å². The van der Waals surface area contributed by atoms with E-state index in [0.717, 1.165) is 18.9 Å². The van der Waals surface area contributed by atoms with Gasteiger partial charge in [0.15, 0.2) is 0 Å². The Morgan fingerprint density at radius 1 is 1.43 bits per heavy atom. The highest BCUT2D eigenvalue weighted by Crippen LogP contribution is 2.36. The van der Waals surface area contributed by atoms with Gasteiger partial charge in [-0.05, 0) is 58.3 Å². The largest absolute Gasteiger partial charge is 0.308 e. The second kappa shape index (κ2) is 7.26. The summed E-state index contributed by atoms with van der Waals surface area (Å²) >= 11 is 1.96. The smallest absolute Gasteiger partial charge is 0.0386 e. The summed E-state index contributed by atoms with van der Waals surface area (Å²) in [6.45, 7) is 8.05. The van der Waals surface area contributed by atoms with Crippen molar-refractivity contribution in [3.8, 4) is 0 Å². The van der Waals surface area contributed by atoms with E-state index in [2.05, 4.69) is 57.2 Å². The van der Waals surface area contributed by atoms with Gasteiger partial charge in [-0.1, -0.05) is 26.7 Å². The van der Waals surface area contributed by atoms with Crippen LogP contribution in [0.5, 0.6) is 0 Å². The van der Waals surface area contributed by atoms with E-state index in [4.69, 9.17) is 0 Å². The molecule has 2 rings (SSSR count). The molecule has 120 valence electrons. The Kier molecular flexibility index (Phi) is 5.87. The maximum absolute atomic E-state index is 3.82. The van der Waals surface area contributed by atoms with Crippen LogP contribution in [0.3, 0.4) is 0 Å². The van der Waals surface area contributed by atoms with Gasteiger partial charge in [-0.2, -0.15) is 0 Å². The van der Waals surface area contributed by atoms with Crippen LogP contribution in [0.1, 0.15) is 62.3 Å². The standard InChI is InChI=1S/C18H32N2S/c1-6-16-9-10-17(21-16)15(3)19-13-18(20(4)5)11-7-8-14(2)12-18/h9-10,14-15,19H,6-8,11-13H2,1-5H3. The molecule has 3 heteroatoms. The Morgan fingerprint density at radius 3 is 2.76 bits per heavy atom. The van der Waals surface area contributed by atoms with Gasteiger partial charge in [0.05, 0.1) is 0 Å². The highest BCUT2D eigenvalue weighted by Gasteiger charge is 2.36. The molecule has 0 aliphatic heterocycles. The highest BCUT2D eigenvalue weighted by molar-refractivity contribution is 7.12. The van der Waals surface area contributed by atoms with E-state index in [-0.39, 0.29) is 0 Å². The number of hydrogen-bond donors (Lipinski definition) is 1. The SMILES string of the molecule is CCc1ccc(C(C)NCC2(N(C)C)CCCC(C)C2)s1. The number of hydrogen-bond acceptors (Lipinski definition) is 3. The van der Waals surface area contributed by atoms with Crippen molar-refractivity contribution >= 4 is 11.3 Å². The molecule has 1 N–H and O–H groups in total. The van der Waals surface area contributed by atoms with Crippen molar-refractivity contribution in [2.75, 3.05) is 20.6 Å². The second-order valence-electron chi connectivity index (χ2n) is 7.08. The third-order valence-corrected chi connectivity index (χ3v) is 6.62. The molecular formula is C18H32N2S. The third-order valence-electron chi connectivity index (χ3n) is 5.21. The molecule has 1 aliphatic carbocycles. The fraction of sp³-hybridized carbons (Fsp3) is 0.778. The molecule has 3 atom stereocenters. The topological polar surface area (TPSA) is 15.3 Å². The van der Waals surface area contributed by atoms with Crippen LogP contribution in [0, 0.1) is 5.92 Å². The first kappa shape index (κ1) is 17.0. The molecule has 21 heavy (non-hydrogen) atoms. The normalized spacial score (nSPS) is 28.0. The summed E-state index contributed by atoms with van der Waals surface area (Å²) in [6.07, 6.45) is 6.57. The van der Waals surface area contributed by atoms with E-state index in [1.165, 1.54) is 35.4 Å². The van der Waals surface area contributed by atoms with Gasteiger partial charge in [-0.3, -0.25) is 0 Å². The van der Waals surface area contributed by atoms with Gasteiger partial charge in [0.2, 0.25) is 0 Å². The molecule has 1 aliphatic rings. The van der Waals surface area contributed by atoms with Crippen LogP contribution >= 0.6 is 11.3 Å². The summed E-state index contributed by atoms with van der Waals surface area (Å²) in [6, 6.07) is 5.04. The molecule has 1 fully saturated rings. The predicted molar refractivity (Wildman–Crippen MR) is 94.2 cm³/mol. The van der Waals surface area contributed by atoms with Crippen LogP contribution < -0.4 is 5.32 Å². The lowest BCUT2D eigenvalue weighted by Gasteiger charge is -2.46. The monoisotopic (exact) mass is 308 g/mol. The number of likely N-dealkylation sites (N-methyl/N-ethyl adjacent to an activating group) is 1. The summed E-state index contributed by atoms with van der Waals surface area (Å²) in [5.74, 6) is 0.853. The van der Waals surface area contributed by atoms with Gasteiger partial charge < -0.3 is 10.2 Å². The molecule has 0 amide bonds. The predicted octanol–water partition coefficient (Wildman–Crippen LogP) is 4.47. The lowest BCUT2D eigenvalue weighted by Crippen LogP contribution is -2.54. The Bertz CT molecular complexity index is 440. The van der Waals surface area contributed by atoms with Crippen LogP contribution in [0.25, 0.3) is 0 Å².